The van der Waals surface area contributed by atoms with Crippen LogP contribution in [0.1, 0.15) is 44.1 Å². The summed E-state index contributed by atoms with van der Waals surface area (Å²) in [7, 11) is 0. The number of rotatable bonds is 5. The summed E-state index contributed by atoms with van der Waals surface area (Å²) in [6.45, 7) is 0. The number of aliphatic carboxylic acids is 1. The number of benzene rings is 1. The highest BCUT2D eigenvalue weighted by Crippen LogP contribution is 2.27. The molecule has 2 N–H and O–H groups in total. The smallest absolute Gasteiger partial charge is 0.308 e. The summed E-state index contributed by atoms with van der Waals surface area (Å²) < 4.78 is 5.90. The first-order valence-corrected chi connectivity index (χ1v) is 8.86. The van der Waals surface area contributed by atoms with Gasteiger partial charge >= 0.3 is 5.97 Å². The third-order valence-electron chi connectivity index (χ3n) is 5.12. The van der Waals surface area contributed by atoms with Crippen molar-refractivity contribution in [2.45, 2.75) is 63.2 Å². The topological polar surface area (TPSA) is 75.6 Å². The maximum atomic E-state index is 12.5. The van der Waals surface area contributed by atoms with E-state index >= 15 is 0 Å². The van der Waals surface area contributed by atoms with E-state index < -0.39 is 18.0 Å². The number of carbonyl (C=O) groups is 2. The lowest BCUT2D eigenvalue weighted by atomic mass is 9.84. The van der Waals surface area contributed by atoms with Crippen LogP contribution in [-0.4, -0.2) is 35.2 Å². The van der Waals surface area contributed by atoms with Crippen LogP contribution >= 0.6 is 0 Å². The summed E-state index contributed by atoms with van der Waals surface area (Å²) in [5.74, 6) is -1.43. The van der Waals surface area contributed by atoms with Crippen LogP contribution in [0.3, 0.4) is 0 Å². The van der Waals surface area contributed by atoms with Crippen LogP contribution in [0.15, 0.2) is 30.3 Å². The molecule has 1 saturated heterocycles. The van der Waals surface area contributed by atoms with Crippen molar-refractivity contribution >= 4 is 11.9 Å². The molecule has 0 radical (unpaired) electrons. The fourth-order valence-electron chi connectivity index (χ4n) is 3.80. The number of hydrogen-bond acceptors (Lipinski definition) is 3. The highest BCUT2D eigenvalue weighted by molar-refractivity contribution is 5.82. The van der Waals surface area contributed by atoms with Crippen molar-refractivity contribution in [3.8, 4) is 0 Å². The molecule has 24 heavy (non-hydrogen) atoms. The van der Waals surface area contributed by atoms with Crippen LogP contribution in [-0.2, 0) is 20.7 Å². The van der Waals surface area contributed by atoms with Gasteiger partial charge in [0, 0.05) is 6.04 Å². The Bertz CT molecular complexity index is 574. The van der Waals surface area contributed by atoms with Gasteiger partial charge in [0.2, 0.25) is 5.91 Å². The molecule has 0 bridgehead atoms. The molecule has 1 saturated carbocycles. The molecule has 0 aromatic heterocycles. The summed E-state index contributed by atoms with van der Waals surface area (Å²) >= 11 is 0. The molecule has 1 aromatic carbocycles. The first-order chi connectivity index (χ1) is 11.6. The van der Waals surface area contributed by atoms with E-state index in [0.717, 1.165) is 32.1 Å². The predicted octanol–water partition coefficient (Wildman–Crippen LogP) is 2.54. The second kappa shape index (κ2) is 7.79. The molecule has 3 rings (SSSR count). The number of amides is 1. The first-order valence-electron chi connectivity index (χ1n) is 8.86. The van der Waals surface area contributed by atoms with E-state index in [9.17, 15) is 14.7 Å². The van der Waals surface area contributed by atoms with Gasteiger partial charge in [0.1, 0.15) is 6.10 Å². The average molecular weight is 331 g/mol. The van der Waals surface area contributed by atoms with Crippen LogP contribution in [0.5, 0.6) is 0 Å². The van der Waals surface area contributed by atoms with Crippen molar-refractivity contribution in [2.24, 2.45) is 5.92 Å². The van der Waals surface area contributed by atoms with Gasteiger partial charge in [0.25, 0.3) is 0 Å². The van der Waals surface area contributed by atoms with E-state index in [2.05, 4.69) is 17.4 Å². The van der Waals surface area contributed by atoms with Crippen molar-refractivity contribution in [2.75, 3.05) is 0 Å². The normalized spacial score (nSPS) is 30.0. The SMILES string of the molecule is O=C(N[C@@H]1CCCC[C@@H]1C(=O)O)[C@@H]1CC[C@H](Cc2ccccc2)O1. The lowest BCUT2D eigenvalue weighted by Gasteiger charge is -2.30. The Kier molecular flexibility index (Phi) is 5.51. The Morgan fingerprint density at radius 3 is 2.58 bits per heavy atom. The summed E-state index contributed by atoms with van der Waals surface area (Å²) in [4.78, 5) is 23.8. The third-order valence-corrected chi connectivity index (χ3v) is 5.12. The van der Waals surface area contributed by atoms with Gasteiger partial charge in [-0.15, -0.1) is 0 Å². The maximum absolute atomic E-state index is 12.5. The largest absolute Gasteiger partial charge is 0.481 e. The number of carbonyl (C=O) groups excluding carboxylic acids is 1. The lowest BCUT2D eigenvalue weighted by molar-refractivity contribution is -0.144. The zero-order valence-corrected chi connectivity index (χ0v) is 13.8. The molecule has 1 aliphatic carbocycles. The van der Waals surface area contributed by atoms with E-state index in [-0.39, 0.29) is 18.1 Å². The first kappa shape index (κ1) is 17.0. The quantitative estimate of drug-likeness (QED) is 0.869. The molecule has 4 atom stereocenters. The number of carboxylic acids is 1. The summed E-state index contributed by atoms with van der Waals surface area (Å²) in [5, 5.41) is 12.2. The predicted molar refractivity (Wildman–Crippen MR) is 89.6 cm³/mol. The minimum atomic E-state index is -0.811. The number of nitrogens with one attached hydrogen (secondary N) is 1. The Morgan fingerprint density at radius 2 is 1.83 bits per heavy atom. The second-order valence-electron chi connectivity index (χ2n) is 6.86. The van der Waals surface area contributed by atoms with Gasteiger partial charge in [0.15, 0.2) is 0 Å². The van der Waals surface area contributed by atoms with Gasteiger partial charge in [-0.2, -0.15) is 0 Å². The molecular weight excluding hydrogens is 306 g/mol. The fourth-order valence-corrected chi connectivity index (χ4v) is 3.80. The molecule has 1 aliphatic heterocycles. The van der Waals surface area contributed by atoms with E-state index in [4.69, 9.17) is 4.74 Å². The van der Waals surface area contributed by atoms with Gasteiger partial charge in [-0.1, -0.05) is 43.2 Å². The molecule has 1 amide bonds. The average Bonchev–Trinajstić information content (AvgIpc) is 3.05. The Morgan fingerprint density at radius 1 is 1.08 bits per heavy atom. The Balaban J connectivity index is 1.51. The number of ether oxygens (including phenoxy) is 1. The van der Waals surface area contributed by atoms with Gasteiger partial charge in [-0.05, 0) is 37.7 Å². The van der Waals surface area contributed by atoms with Crippen molar-refractivity contribution in [3.63, 3.8) is 0 Å². The Hall–Kier alpha value is -1.88. The highest BCUT2D eigenvalue weighted by atomic mass is 16.5. The van der Waals surface area contributed by atoms with E-state index in [1.807, 2.05) is 18.2 Å². The monoisotopic (exact) mass is 331 g/mol. The standard InChI is InChI=1S/C19H25NO4/c21-18(20-16-9-5-4-8-15(16)19(22)23)17-11-10-14(24-17)12-13-6-2-1-3-7-13/h1-3,6-7,14-17H,4-5,8-12H2,(H,20,21)(H,22,23)/t14-,15+,16-,17+/m1/s1. The van der Waals surface area contributed by atoms with Crippen LogP contribution in [0.4, 0.5) is 0 Å². The molecule has 130 valence electrons. The van der Waals surface area contributed by atoms with Crippen molar-refractivity contribution < 1.29 is 19.4 Å². The van der Waals surface area contributed by atoms with Crippen LogP contribution in [0.2, 0.25) is 0 Å². The molecule has 0 unspecified atom stereocenters. The van der Waals surface area contributed by atoms with Gasteiger partial charge in [-0.25, -0.2) is 0 Å². The van der Waals surface area contributed by atoms with Crippen molar-refractivity contribution in [1.82, 2.24) is 5.32 Å². The maximum Gasteiger partial charge on any atom is 0.308 e. The van der Waals surface area contributed by atoms with Gasteiger partial charge in [0.05, 0.1) is 12.0 Å². The highest BCUT2D eigenvalue weighted by Gasteiger charge is 2.36. The molecule has 2 aliphatic rings. The number of hydrogen-bond donors (Lipinski definition) is 2. The summed E-state index contributed by atoms with van der Waals surface area (Å²) in [5.41, 5.74) is 1.21. The number of carboxylic acid groups (broad SMARTS) is 1. The molecular formula is C19H25NO4. The molecule has 5 heteroatoms. The molecule has 5 nitrogen and oxygen atoms in total. The van der Waals surface area contributed by atoms with E-state index in [1.54, 1.807) is 0 Å². The fraction of sp³-hybridized carbons (Fsp3) is 0.579. The van der Waals surface area contributed by atoms with Crippen LogP contribution in [0, 0.1) is 5.92 Å². The molecule has 1 heterocycles. The second-order valence-corrected chi connectivity index (χ2v) is 6.86. The van der Waals surface area contributed by atoms with Crippen molar-refractivity contribution in [1.29, 1.82) is 0 Å². The zero-order valence-electron chi connectivity index (χ0n) is 13.8. The molecule has 0 spiro atoms. The third kappa shape index (κ3) is 4.15. The van der Waals surface area contributed by atoms with Gasteiger partial charge in [-0.3, -0.25) is 9.59 Å². The zero-order chi connectivity index (χ0) is 16.9. The molecule has 1 aromatic rings. The lowest BCUT2D eigenvalue weighted by Crippen LogP contribution is -2.48. The minimum Gasteiger partial charge on any atom is -0.481 e. The Labute approximate surface area is 142 Å². The van der Waals surface area contributed by atoms with Crippen molar-refractivity contribution in [3.05, 3.63) is 35.9 Å². The van der Waals surface area contributed by atoms with Crippen LogP contribution < -0.4 is 5.32 Å². The van der Waals surface area contributed by atoms with Gasteiger partial charge < -0.3 is 15.2 Å². The van der Waals surface area contributed by atoms with E-state index in [1.165, 1.54) is 5.56 Å². The summed E-state index contributed by atoms with van der Waals surface area (Å²) in [6, 6.07) is 9.86. The van der Waals surface area contributed by atoms with E-state index in [0.29, 0.717) is 12.8 Å². The summed E-state index contributed by atoms with van der Waals surface area (Å²) in [6.07, 6.45) is 5.25. The minimum absolute atomic E-state index is 0.0600. The molecule has 2 fully saturated rings. The van der Waals surface area contributed by atoms with Crippen LogP contribution in [0.25, 0.3) is 0 Å².